The highest BCUT2D eigenvalue weighted by Gasteiger charge is 2.47. The number of aromatic nitrogens is 1. The van der Waals surface area contributed by atoms with Crippen LogP contribution in [0.15, 0.2) is 42.4 Å². The molecule has 2 atom stereocenters. The van der Waals surface area contributed by atoms with Crippen LogP contribution in [0.3, 0.4) is 0 Å². The molecule has 0 radical (unpaired) electrons. The van der Waals surface area contributed by atoms with Gasteiger partial charge in [0.05, 0.1) is 20.8 Å². The minimum absolute atomic E-state index is 0.0205. The van der Waals surface area contributed by atoms with E-state index >= 15 is 0 Å². The Balaban J connectivity index is 1.78. The molecule has 7 heteroatoms. The van der Waals surface area contributed by atoms with E-state index in [1.165, 1.54) is 25.2 Å². The third-order valence-corrected chi connectivity index (χ3v) is 5.06. The van der Waals surface area contributed by atoms with E-state index in [1.807, 2.05) is 0 Å². The molecule has 29 heavy (non-hydrogen) atoms. The molecule has 0 saturated carbocycles. The molecular formula is C22H19N3O4. The standard InChI is InChI=1S/C22H19N3O4/c1-24-10-19(26)25-16(22(24)27)9-14-13-4-2-3-5-15(13)23-20(14)21(25)12-6-7-17-18(8-12)29-11-28-17/h2-8,16,21,23H,9-11H2,1H3/t16-,21-/m1/s1/i2D,3D,4D,5D,9D2,11D2,16D,21D. The number of nitrogens with one attached hydrogen (secondary N) is 1. The topological polar surface area (TPSA) is 74.9 Å². The van der Waals surface area contributed by atoms with Crippen LogP contribution in [0.1, 0.15) is 36.5 Å². The number of rotatable bonds is 1. The van der Waals surface area contributed by atoms with E-state index in [0.717, 1.165) is 4.90 Å². The lowest BCUT2D eigenvalue weighted by Gasteiger charge is -2.46. The van der Waals surface area contributed by atoms with Crippen LogP contribution in [0.4, 0.5) is 0 Å². The molecule has 1 N–H and O–H groups in total. The number of benzene rings is 2. The second kappa shape index (κ2) is 5.76. The normalized spacial score (nSPS) is 36.3. The second-order valence-corrected chi connectivity index (χ2v) is 6.79. The van der Waals surface area contributed by atoms with Gasteiger partial charge in [0.1, 0.15) is 8.76 Å². The van der Waals surface area contributed by atoms with Gasteiger partial charge < -0.3 is 24.3 Å². The number of piperazine rings is 1. The Labute approximate surface area is 180 Å². The maximum Gasteiger partial charge on any atom is 0.245 e. The monoisotopic (exact) mass is 399 g/mol. The van der Waals surface area contributed by atoms with Gasteiger partial charge in [0.25, 0.3) is 0 Å². The second-order valence-electron chi connectivity index (χ2n) is 6.79. The van der Waals surface area contributed by atoms with Gasteiger partial charge in [-0.3, -0.25) is 9.59 Å². The molecule has 3 aliphatic rings. The van der Waals surface area contributed by atoms with Crippen molar-refractivity contribution in [2.45, 2.75) is 18.4 Å². The highest BCUT2D eigenvalue weighted by Crippen LogP contribution is 2.44. The van der Waals surface area contributed by atoms with Crippen molar-refractivity contribution in [3.8, 4) is 11.5 Å². The highest BCUT2D eigenvalue weighted by molar-refractivity contribution is 5.97. The van der Waals surface area contributed by atoms with Crippen molar-refractivity contribution in [3.05, 3.63) is 59.2 Å². The summed E-state index contributed by atoms with van der Waals surface area (Å²) in [4.78, 5) is 31.2. The van der Waals surface area contributed by atoms with Gasteiger partial charge >= 0.3 is 0 Å². The Morgan fingerprint density at radius 3 is 2.97 bits per heavy atom. The van der Waals surface area contributed by atoms with Gasteiger partial charge in [0.2, 0.25) is 18.6 Å². The van der Waals surface area contributed by atoms with E-state index in [9.17, 15) is 12.3 Å². The molecular weight excluding hydrogens is 370 g/mol. The average Bonchev–Trinajstić information content (AvgIpc) is 3.41. The third-order valence-electron chi connectivity index (χ3n) is 5.06. The number of fused-ring (bicyclic) bond motifs is 5. The number of carbonyl (C=O) groups excluding carboxylic acids is 2. The van der Waals surface area contributed by atoms with Gasteiger partial charge in [0.15, 0.2) is 11.5 Å². The summed E-state index contributed by atoms with van der Waals surface area (Å²) in [6.45, 7) is -3.10. The number of likely N-dealkylation sites (N-methyl/N-ethyl adjacent to an activating group) is 1. The van der Waals surface area contributed by atoms with Crippen LogP contribution >= 0.6 is 0 Å². The van der Waals surface area contributed by atoms with E-state index < -0.39 is 73.2 Å². The van der Waals surface area contributed by atoms with Gasteiger partial charge in [-0.25, -0.2) is 0 Å². The Morgan fingerprint density at radius 1 is 1.24 bits per heavy atom. The summed E-state index contributed by atoms with van der Waals surface area (Å²) in [5.41, 5.74) is -1.32. The molecule has 2 aromatic carbocycles. The minimum atomic E-state index is -3.07. The average molecular weight is 399 g/mol. The Bertz CT molecular complexity index is 1660. The van der Waals surface area contributed by atoms with Crippen LogP contribution in [-0.4, -0.2) is 53.0 Å². The number of H-pyrrole nitrogens is 1. The molecule has 0 unspecified atom stereocenters. The number of hydrogen-bond acceptors (Lipinski definition) is 4. The number of para-hydroxylation sites is 1. The Morgan fingerprint density at radius 2 is 2.07 bits per heavy atom. The van der Waals surface area contributed by atoms with Crippen molar-refractivity contribution in [2.75, 3.05) is 20.3 Å². The summed E-state index contributed by atoms with van der Waals surface area (Å²) in [5, 5.41) is -0.352. The molecule has 3 aromatic rings. The molecule has 0 aliphatic carbocycles. The summed E-state index contributed by atoms with van der Waals surface area (Å²) in [6, 6.07) is -4.44. The number of carbonyl (C=O) groups is 2. The van der Waals surface area contributed by atoms with E-state index in [4.69, 9.17) is 20.4 Å². The number of aromatic amines is 1. The highest BCUT2D eigenvalue weighted by atomic mass is 16.7. The van der Waals surface area contributed by atoms with Gasteiger partial charge in [-0.1, -0.05) is 24.2 Å². The molecule has 0 bridgehead atoms. The molecule has 3 aliphatic heterocycles. The number of amides is 2. The maximum atomic E-state index is 13.5. The largest absolute Gasteiger partial charge is 0.454 e. The number of ether oxygens (including phenoxy) is 2. The summed E-state index contributed by atoms with van der Waals surface area (Å²) in [7, 11) is 1.22. The van der Waals surface area contributed by atoms with Crippen LogP contribution in [0.5, 0.6) is 11.5 Å². The quantitative estimate of drug-likeness (QED) is 0.681. The van der Waals surface area contributed by atoms with Crippen LogP contribution in [0.2, 0.25) is 0 Å². The zero-order chi connectivity index (χ0) is 28.6. The Hall–Kier alpha value is -3.48. The van der Waals surface area contributed by atoms with Crippen molar-refractivity contribution in [2.24, 2.45) is 0 Å². The first-order valence-corrected chi connectivity index (χ1v) is 8.72. The SMILES string of the molecule is [2H]c1c([2H])c([2H])c2c3c([nH]c2c1[2H])[C@@]([2H])(c1ccc2c(c1)OC([2H])([2H])O2)N1C(=O)CN(C)C(=O)[C@@]1([2H])C3([2H])[2H]. The zero-order valence-corrected chi connectivity index (χ0v) is 15.0. The molecule has 1 aromatic heterocycles. The van der Waals surface area contributed by atoms with E-state index in [2.05, 4.69) is 4.98 Å². The fourth-order valence-corrected chi connectivity index (χ4v) is 3.73. The van der Waals surface area contributed by atoms with Crippen molar-refractivity contribution < 1.29 is 32.8 Å². The van der Waals surface area contributed by atoms with Gasteiger partial charge in [-0.05, 0) is 29.3 Å². The molecule has 1 fully saturated rings. The fraction of sp³-hybridized carbons (Fsp3) is 0.273. The van der Waals surface area contributed by atoms with Crippen molar-refractivity contribution in [1.82, 2.24) is 14.8 Å². The Kier molecular flexibility index (Phi) is 1.86. The summed E-state index contributed by atoms with van der Waals surface area (Å²) in [6.07, 6.45) is -3.06. The molecule has 6 rings (SSSR count). The molecule has 146 valence electrons. The molecule has 7 nitrogen and oxygen atoms in total. The molecule has 0 spiro atoms. The van der Waals surface area contributed by atoms with Crippen LogP contribution in [0, 0.1) is 0 Å². The lowest BCUT2D eigenvalue weighted by Crippen LogP contribution is -2.62. The third kappa shape index (κ3) is 2.24. The first-order valence-electron chi connectivity index (χ1n) is 13.7. The summed E-state index contributed by atoms with van der Waals surface area (Å²) < 4.78 is 95.8. The predicted octanol–water partition coefficient (Wildman–Crippen LogP) is 2.21. The summed E-state index contributed by atoms with van der Waals surface area (Å²) >= 11 is 0. The van der Waals surface area contributed by atoms with Crippen molar-refractivity contribution >= 4 is 22.7 Å². The smallest absolute Gasteiger partial charge is 0.245 e. The molecule has 2 amide bonds. The lowest BCUT2D eigenvalue weighted by molar-refractivity contribution is -0.157. The lowest BCUT2D eigenvalue weighted by atomic mass is 9.86. The van der Waals surface area contributed by atoms with Gasteiger partial charge in [0, 0.05) is 32.8 Å². The number of hydrogen-bond donors (Lipinski definition) is 1. The van der Waals surface area contributed by atoms with E-state index in [-0.39, 0.29) is 33.7 Å². The maximum absolute atomic E-state index is 13.5. The van der Waals surface area contributed by atoms with Crippen LogP contribution in [0.25, 0.3) is 10.9 Å². The van der Waals surface area contributed by atoms with Gasteiger partial charge in [-0.2, -0.15) is 0 Å². The van der Waals surface area contributed by atoms with Crippen molar-refractivity contribution in [1.29, 1.82) is 0 Å². The fourth-order valence-electron chi connectivity index (χ4n) is 3.73. The zero-order valence-electron chi connectivity index (χ0n) is 25.0. The van der Waals surface area contributed by atoms with E-state index in [0.29, 0.717) is 4.90 Å². The van der Waals surface area contributed by atoms with E-state index in [1.54, 1.807) is 0 Å². The molecule has 1 saturated heterocycles. The summed E-state index contributed by atoms with van der Waals surface area (Å²) in [5.74, 6) is -2.25. The van der Waals surface area contributed by atoms with Crippen LogP contribution in [-0.2, 0) is 16.0 Å². The molecule has 4 heterocycles. The minimum Gasteiger partial charge on any atom is -0.454 e. The number of nitrogens with zero attached hydrogens (tertiary/aromatic N) is 2. The first-order chi connectivity index (χ1) is 18.0. The predicted molar refractivity (Wildman–Crippen MR) is 105 cm³/mol. The van der Waals surface area contributed by atoms with Crippen molar-refractivity contribution in [3.63, 3.8) is 0 Å². The first kappa shape index (κ1) is 9.35. The van der Waals surface area contributed by atoms with Crippen LogP contribution < -0.4 is 9.47 Å². The van der Waals surface area contributed by atoms with Gasteiger partial charge in [-0.15, -0.1) is 0 Å².